The highest BCUT2D eigenvalue weighted by atomic mass is 35.5. The summed E-state index contributed by atoms with van der Waals surface area (Å²) in [5.41, 5.74) is 2.50. The SMILES string of the molecule is O=C(NNS(=O)(=O)c1ccc(Cl)cc1)c1ccccc1. The normalized spacial score (nSPS) is 11.1. The minimum absolute atomic E-state index is 0.00950. The third kappa shape index (κ3) is 3.57. The molecule has 1 amide bonds. The Labute approximate surface area is 121 Å². The van der Waals surface area contributed by atoms with Gasteiger partial charge in [0, 0.05) is 10.6 Å². The standard InChI is InChI=1S/C13H11ClN2O3S/c14-11-6-8-12(9-7-11)20(18,19)16-15-13(17)10-4-2-1-3-5-10/h1-9,16H,(H,15,17). The van der Waals surface area contributed by atoms with Crippen LogP contribution < -0.4 is 10.3 Å². The summed E-state index contributed by atoms with van der Waals surface area (Å²) in [6, 6.07) is 13.9. The Morgan fingerprint density at radius 3 is 2.15 bits per heavy atom. The van der Waals surface area contributed by atoms with Gasteiger partial charge >= 0.3 is 0 Å². The summed E-state index contributed by atoms with van der Waals surface area (Å²) in [5.74, 6) is -0.539. The van der Waals surface area contributed by atoms with Gasteiger partial charge in [-0.25, -0.2) is 8.42 Å². The van der Waals surface area contributed by atoms with Crippen LogP contribution in [0.2, 0.25) is 5.02 Å². The number of sulfonamides is 1. The molecule has 20 heavy (non-hydrogen) atoms. The Morgan fingerprint density at radius 2 is 1.55 bits per heavy atom. The molecule has 0 fully saturated rings. The number of carbonyl (C=O) groups is 1. The van der Waals surface area contributed by atoms with E-state index in [0.29, 0.717) is 10.6 Å². The van der Waals surface area contributed by atoms with Crippen molar-refractivity contribution in [3.8, 4) is 0 Å². The number of nitrogens with one attached hydrogen (secondary N) is 2. The zero-order valence-corrected chi connectivity index (χ0v) is 11.8. The molecule has 0 aliphatic heterocycles. The zero-order valence-electron chi connectivity index (χ0n) is 10.2. The third-order valence-corrected chi connectivity index (χ3v) is 3.97. The molecule has 0 aromatic heterocycles. The molecule has 0 radical (unpaired) electrons. The van der Waals surface area contributed by atoms with Crippen LogP contribution in [0.4, 0.5) is 0 Å². The molecule has 2 rings (SSSR count). The minimum atomic E-state index is -3.82. The first kappa shape index (κ1) is 14.5. The van der Waals surface area contributed by atoms with Crippen LogP contribution in [0, 0.1) is 0 Å². The average Bonchev–Trinajstić information content (AvgIpc) is 2.46. The molecule has 0 bridgehead atoms. The molecule has 0 saturated carbocycles. The highest BCUT2D eigenvalue weighted by Crippen LogP contribution is 2.13. The number of halogens is 1. The van der Waals surface area contributed by atoms with E-state index in [-0.39, 0.29) is 4.90 Å². The van der Waals surface area contributed by atoms with E-state index in [1.165, 1.54) is 24.3 Å². The van der Waals surface area contributed by atoms with Gasteiger partial charge in [-0.2, -0.15) is 0 Å². The van der Waals surface area contributed by atoms with Gasteiger partial charge in [-0.3, -0.25) is 10.2 Å². The third-order valence-electron chi connectivity index (χ3n) is 2.46. The van der Waals surface area contributed by atoms with E-state index in [0.717, 1.165) is 0 Å². The maximum atomic E-state index is 11.9. The number of amides is 1. The molecule has 0 atom stereocenters. The van der Waals surface area contributed by atoms with Crippen LogP contribution in [-0.2, 0) is 10.0 Å². The van der Waals surface area contributed by atoms with Crippen molar-refractivity contribution in [1.29, 1.82) is 0 Å². The topological polar surface area (TPSA) is 75.3 Å². The molecule has 0 unspecified atom stereocenters. The van der Waals surface area contributed by atoms with E-state index in [4.69, 9.17) is 11.6 Å². The summed E-state index contributed by atoms with van der Waals surface area (Å²) >= 11 is 5.68. The molecular formula is C13H11ClN2O3S. The Bertz CT molecular complexity index is 700. The van der Waals surface area contributed by atoms with Gasteiger partial charge in [-0.15, -0.1) is 4.83 Å². The summed E-state index contributed by atoms with van der Waals surface area (Å²) in [5, 5.41) is 0.428. The Hall–Kier alpha value is -1.89. The van der Waals surface area contributed by atoms with Crippen LogP contribution in [0.3, 0.4) is 0 Å². The summed E-state index contributed by atoms with van der Waals surface area (Å²) in [6.45, 7) is 0. The van der Waals surface area contributed by atoms with Crippen LogP contribution in [0.5, 0.6) is 0 Å². The van der Waals surface area contributed by atoms with Crippen LogP contribution in [0.1, 0.15) is 10.4 Å². The lowest BCUT2D eigenvalue weighted by Crippen LogP contribution is -2.41. The summed E-state index contributed by atoms with van der Waals surface area (Å²) in [7, 11) is -3.82. The second-order valence-electron chi connectivity index (χ2n) is 3.88. The highest BCUT2D eigenvalue weighted by Gasteiger charge is 2.15. The van der Waals surface area contributed by atoms with E-state index in [1.54, 1.807) is 30.3 Å². The molecule has 0 heterocycles. The molecule has 0 aliphatic rings. The largest absolute Gasteiger partial charge is 0.273 e. The van der Waals surface area contributed by atoms with Crippen molar-refractivity contribution in [3.05, 3.63) is 65.2 Å². The van der Waals surface area contributed by atoms with Gasteiger partial charge in [0.15, 0.2) is 0 Å². The average molecular weight is 311 g/mol. The first-order valence-corrected chi connectivity index (χ1v) is 7.48. The van der Waals surface area contributed by atoms with Gasteiger partial charge < -0.3 is 0 Å². The Balaban J connectivity index is 2.06. The van der Waals surface area contributed by atoms with Gasteiger partial charge in [-0.05, 0) is 36.4 Å². The van der Waals surface area contributed by atoms with Crippen molar-refractivity contribution < 1.29 is 13.2 Å². The fourth-order valence-corrected chi connectivity index (χ4v) is 2.41. The fraction of sp³-hybridized carbons (Fsp3) is 0. The van der Waals surface area contributed by atoms with Crippen LogP contribution in [-0.4, -0.2) is 14.3 Å². The van der Waals surface area contributed by atoms with Crippen LogP contribution in [0.15, 0.2) is 59.5 Å². The number of carbonyl (C=O) groups excluding carboxylic acids is 1. The smallest absolute Gasteiger partial charge is 0.266 e. The molecule has 0 saturated heterocycles. The number of hydrazine groups is 1. The van der Waals surface area contributed by atoms with E-state index in [9.17, 15) is 13.2 Å². The van der Waals surface area contributed by atoms with Gasteiger partial charge in [0.1, 0.15) is 0 Å². The first-order chi connectivity index (χ1) is 9.49. The lowest BCUT2D eigenvalue weighted by Gasteiger charge is -2.08. The molecule has 0 aliphatic carbocycles. The van der Waals surface area contributed by atoms with Crippen LogP contribution >= 0.6 is 11.6 Å². The molecule has 0 spiro atoms. The Kier molecular flexibility index (Phi) is 4.39. The van der Waals surface area contributed by atoms with Crippen molar-refractivity contribution >= 4 is 27.5 Å². The summed E-state index contributed by atoms with van der Waals surface area (Å²) in [6.07, 6.45) is 0. The van der Waals surface area contributed by atoms with Crippen molar-refractivity contribution in [1.82, 2.24) is 10.3 Å². The van der Waals surface area contributed by atoms with E-state index >= 15 is 0 Å². The lowest BCUT2D eigenvalue weighted by atomic mass is 10.2. The molecule has 2 aromatic rings. The number of hydrogen-bond acceptors (Lipinski definition) is 3. The second-order valence-corrected chi connectivity index (χ2v) is 6.00. The fourth-order valence-electron chi connectivity index (χ4n) is 1.45. The second kappa shape index (κ2) is 6.04. The molecule has 2 aromatic carbocycles. The van der Waals surface area contributed by atoms with Crippen molar-refractivity contribution in [2.24, 2.45) is 0 Å². The maximum absolute atomic E-state index is 11.9. The predicted octanol–water partition coefficient (Wildman–Crippen LogP) is 1.96. The predicted molar refractivity (Wildman–Crippen MR) is 75.7 cm³/mol. The van der Waals surface area contributed by atoms with Gasteiger partial charge in [0.25, 0.3) is 15.9 Å². The molecule has 104 valence electrons. The lowest BCUT2D eigenvalue weighted by molar-refractivity contribution is 0.0945. The Morgan fingerprint density at radius 1 is 0.950 bits per heavy atom. The van der Waals surface area contributed by atoms with E-state index < -0.39 is 15.9 Å². The molecule has 7 heteroatoms. The minimum Gasteiger partial charge on any atom is -0.273 e. The maximum Gasteiger partial charge on any atom is 0.266 e. The first-order valence-electron chi connectivity index (χ1n) is 5.62. The highest BCUT2D eigenvalue weighted by molar-refractivity contribution is 7.89. The molecule has 5 nitrogen and oxygen atoms in total. The summed E-state index contributed by atoms with van der Waals surface area (Å²) in [4.78, 5) is 13.7. The number of hydrogen-bond donors (Lipinski definition) is 2. The number of rotatable bonds is 4. The quantitative estimate of drug-likeness (QED) is 0.848. The number of benzene rings is 2. The molecular weight excluding hydrogens is 300 g/mol. The molecule has 2 N–H and O–H groups in total. The van der Waals surface area contributed by atoms with Crippen molar-refractivity contribution in [2.75, 3.05) is 0 Å². The van der Waals surface area contributed by atoms with Gasteiger partial charge in [0.05, 0.1) is 4.90 Å². The van der Waals surface area contributed by atoms with Crippen LogP contribution in [0.25, 0.3) is 0 Å². The van der Waals surface area contributed by atoms with E-state index in [2.05, 4.69) is 5.43 Å². The summed E-state index contributed by atoms with van der Waals surface area (Å²) < 4.78 is 23.8. The van der Waals surface area contributed by atoms with Crippen molar-refractivity contribution in [3.63, 3.8) is 0 Å². The monoisotopic (exact) mass is 310 g/mol. The van der Waals surface area contributed by atoms with Gasteiger partial charge in [-0.1, -0.05) is 29.8 Å². The zero-order chi connectivity index (χ0) is 14.6. The van der Waals surface area contributed by atoms with E-state index in [1.807, 2.05) is 4.83 Å². The van der Waals surface area contributed by atoms with Gasteiger partial charge in [0.2, 0.25) is 0 Å². The van der Waals surface area contributed by atoms with Crippen molar-refractivity contribution in [2.45, 2.75) is 4.90 Å².